The van der Waals surface area contributed by atoms with E-state index in [0.717, 1.165) is 6.42 Å². The molecule has 0 bridgehead atoms. The second-order valence-corrected chi connectivity index (χ2v) is 4.29. The van der Waals surface area contributed by atoms with Gasteiger partial charge in [-0.25, -0.2) is 4.98 Å². The maximum Gasteiger partial charge on any atom is 0.226 e. The molecule has 4 nitrogen and oxygen atoms in total. The Morgan fingerprint density at radius 3 is 2.81 bits per heavy atom. The number of anilines is 1. The van der Waals surface area contributed by atoms with Gasteiger partial charge in [-0.05, 0) is 27.2 Å². The second-order valence-electron chi connectivity index (χ2n) is 3.91. The van der Waals surface area contributed by atoms with Crippen LogP contribution < -0.4 is 10.1 Å². The summed E-state index contributed by atoms with van der Waals surface area (Å²) in [5.41, 5.74) is 0. The van der Waals surface area contributed by atoms with Crippen molar-refractivity contribution in [2.75, 3.05) is 11.2 Å². The third-order valence-electron chi connectivity index (χ3n) is 1.90. The molecule has 0 fully saturated rings. The summed E-state index contributed by atoms with van der Waals surface area (Å²) in [4.78, 5) is 8.37. The van der Waals surface area contributed by atoms with Crippen LogP contribution in [-0.2, 0) is 0 Å². The Morgan fingerprint density at radius 2 is 2.19 bits per heavy atom. The lowest BCUT2D eigenvalue weighted by molar-refractivity contribution is 0.232. The maximum atomic E-state index is 5.66. The number of halogens is 1. The Hall–Kier alpha value is -1.03. The van der Waals surface area contributed by atoms with Crippen molar-refractivity contribution in [1.82, 2.24) is 9.97 Å². The van der Waals surface area contributed by atoms with Crippen LogP contribution in [0.2, 0.25) is 0 Å². The van der Waals surface area contributed by atoms with Crippen LogP contribution in [0, 0.1) is 0 Å². The standard InChI is InChI=1S/C11H18ClN3O/c1-8(2)16-10-5-7-13-11(15-10)14-9(3)4-6-12/h5,7-9H,4,6H2,1-3H3,(H,13,14,15). The van der Waals surface area contributed by atoms with Crippen molar-refractivity contribution in [3.8, 4) is 5.88 Å². The van der Waals surface area contributed by atoms with Crippen LogP contribution in [0.1, 0.15) is 27.2 Å². The van der Waals surface area contributed by atoms with Crippen molar-refractivity contribution in [1.29, 1.82) is 0 Å². The number of nitrogens with one attached hydrogen (secondary N) is 1. The first kappa shape index (κ1) is 13.0. The van der Waals surface area contributed by atoms with Gasteiger partial charge in [0, 0.05) is 24.2 Å². The van der Waals surface area contributed by atoms with Crippen molar-refractivity contribution in [3.05, 3.63) is 12.3 Å². The van der Waals surface area contributed by atoms with Gasteiger partial charge in [0.15, 0.2) is 0 Å². The van der Waals surface area contributed by atoms with Gasteiger partial charge in [0.1, 0.15) is 0 Å². The highest BCUT2D eigenvalue weighted by Gasteiger charge is 2.05. The lowest BCUT2D eigenvalue weighted by Crippen LogP contribution is -2.18. The highest BCUT2D eigenvalue weighted by Crippen LogP contribution is 2.11. The van der Waals surface area contributed by atoms with E-state index in [2.05, 4.69) is 15.3 Å². The molecule has 1 aromatic rings. The molecule has 1 atom stereocenters. The summed E-state index contributed by atoms with van der Waals surface area (Å²) in [6.07, 6.45) is 2.67. The molecule has 16 heavy (non-hydrogen) atoms. The van der Waals surface area contributed by atoms with Crippen molar-refractivity contribution in [3.63, 3.8) is 0 Å². The lowest BCUT2D eigenvalue weighted by atomic mass is 10.3. The highest BCUT2D eigenvalue weighted by molar-refractivity contribution is 6.17. The van der Waals surface area contributed by atoms with Crippen LogP contribution in [0.5, 0.6) is 5.88 Å². The van der Waals surface area contributed by atoms with Gasteiger partial charge < -0.3 is 10.1 Å². The van der Waals surface area contributed by atoms with E-state index in [-0.39, 0.29) is 12.1 Å². The third kappa shape index (κ3) is 4.66. The summed E-state index contributed by atoms with van der Waals surface area (Å²) in [6, 6.07) is 2.00. The molecule has 1 rings (SSSR count). The zero-order valence-electron chi connectivity index (χ0n) is 9.90. The van der Waals surface area contributed by atoms with Crippen LogP contribution in [0.4, 0.5) is 5.95 Å². The molecule has 0 saturated carbocycles. The summed E-state index contributed by atoms with van der Waals surface area (Å²) in [5, 5.41) is 3.17. The van der Waals surface area contributed by atoms with Gasteiger partial charge in [-0.3, -0.25) is 0 Å². The third-order valence-corrected chi connectivity index (χ3v) is 2.12. The second kappa shape index (κ2) is 6.53. The van der Waals surface area contributed by atoms with E-state index in [4.69, 9.17) is 16.3 Å². The average Bonchev–Trinajstić information content (AvgIpc) is 2.17. The van der Waals surface area contributed by atoms with Gasteiger partial charge in [-0.2, -0.15) is 4.98 Å². The van der Waals surface area contributed by atoms with Gasteiger partial charge in [0.2, 0.25) is 11.8 Å². The molecule has 1 heterocycles. The zero-order chi connectivity index (χ0) is 12.0. The zero-order valence-corrected chi connectivity index (χ0v) is 10.7. The van der Waals surface area contributed by atoms with E-state index in [0.29, 0.717) is 17.7 Å². The number of hydrogen-bond donors (Lipinski definition) is 1. The number of aromatic nitrogens is 2. The SMILES string of the molecule is CC(CCCl)Nc1nccc(OC(C)C)n1. The van der Waals surface area contributed by atoms with Crippen LogP contribution >= 0.6 is 11.6 Å². The molecule has 0 aliphatic rings. The average molecular weight is 244 g/mol. The Morgan fingerprint density at radius 1 is 1.44 bits per heavy atom. The fourth-order valence-electron chi connectivity index (χ4n) is 1.18. The van der Waals surface area contributed by atoms with Crippen LogP contribution in [0.25, 0.3) is 0 Å². The van der Waals surface area contributed by atoms with Crippen LogP contribution in [-0.4, -0.2) is 28.0 Å². The van der Waals surface area contributed by atoms with Gasteiger partial charge in [-0.1, -0.05) is 0 Å². The fraction of sp³-hybridized carbons (Fsp3) is 0.636. The topological polar surface area (TPSA) is 47.0 Å². The smallest absolute Gasteiger partial charge is 0.226 e. The number of alkyl halides is 1. The quantitative estimate of drug-likeness (QED) is 0.781. The fourth-order valence-corrected chi connectivity index (χ4v) is 1.50. The normalized spacial score (nSPS) is 12.6. The molecule has 1 unspecified atom stereocenters. The number of ether oxygens (including phenoxy) is 1. The van der Waals surface area contributed by atoms with Gasteiger partial charge in [-0.15, -0.1) is 11.6 Å². The first-order chi connectivity index (χ1) is 7.61. The number of rotatable bonds is 6. The largest absolute Gasteiger partial charge is 0.475 e. The summed E-state index contributed by atoms with van der Waals surface area (Å²) in [7, 11) is 0. The minimum atomic E-state index is 0.114. The molecular formula is C11H18ClN3O. The number of hydrogen-bond acceptors (Lipinski definition) is 4. The molecular weight excluding hydrogens is 226 g/mol. The molecule has 1 N–H and O–H groups in total. The predicted molar refractivity (Wildman–Crippen MR) is 66.2 cm³/mol. The van der Waals surface area contributed by atoms with E-state index in [1.54, 1.807) is 12.3 Å². The summed E-state index contributed by atoms with van der Waals surface area (Å²) in [5.74, 6) is 1.79. The predicted octanol–water partition coefficient (Wildman–Crippen LogP) is 2.69. The van der Waals surface area contributed by atoms with Crippen molar-refractivity contribution in [2.45, 2.75) is 39.3 Å². The highest BCUT2D eigenvalue weighted by atomic mass is 35.5. The van der Waals surface area contributed by atoms with E-state index in [1.807, 2.05) is 20.8 Å². The van der Waals surface area contributed by atoms with E-state index < -0.39 is 0 Å². The molecule has 0 amide bonds. The van der Waals surface area contributed by atoms with E-state index in [1.165, 1.54) is 0 Å². The Kier molecular flexibility index (Phi) is 5.32. The molecule has 0 spiro atoms. The first-order valence-corrected chi connectivity index (χ1v) is 5.97. The Labute approximate surface area is 101 Å². The van der Waals surface area contributed by atoms with Crippen LogP contribution in [0.15, 0.2) is 12.3 Å². The minimum absolute atomic E-state index is 0.114. The Bertz CT molecular complexity index is 320. The summed E-state index contributed by atoms with van der Waals surface area (Å²) in [6.45, 7) is 5.97. The summed E-state index contributed by atoms with van der Waals surface area (Å²) >= 11 is 5.66. The molecule has 1 aromatic heterocycles. The summed E-state index contributed by atoms with van der Waals surface area (Å²) < 4.78 is 5.48. The molecule has 0 aliphatic carbocycles. The number of nitrogens with zero attached hydrogens (tertiary/aromatic N) is 2. The van der Waals surface area contributed by atoms with Crippen molar-refractivity contribution in [2.24, 2.45) is 0 Å². The Balaban J connectivity index is 2.59. The molecule has 5 heteroatoms. The molecule has 0 aliphatic heterocycles. The minimum Gasteiger partial charge on any atom is -0.475 e. The monoisotopic (exact) mass is 243 g/mol. The molecule has 0 saturated heterocycles. The molecule has 90 valence electrons. The van der Waals surface area contributed by atoms with Gasteiger partial charge in [0.25, 0.3) is 0 Å². The van der Waals surface area contributed by atoms with E-state index >= 15 is 0 Å². The lowest BCUT2D eigenvalue weighted by Gasteiger charge is -2.13. The van der Waals surface area contributed by atoms with Crippen molar-refractivity contribution >= 4 is 17.5 Å². The van der Waals surface area contributed by atoms with Gasteiger partial charge in [0.05, 0.1) is 6.10 Å². The van der Waals surface area contributed by atoms with E-state index in [9.17, 15) is 0 Å². The molecule has 0 aromatic carbocycles. The van der Waals surface area contributed by atoms with Crippen LogP contribution in [0.3, 0.4) is 0 Å². The van der Waals surface area contributed by atoms with Crippen molar-refractivity contribution < 1.29 is 4.74 Å². The first-order valence-electron chi connectivity index (χ1n) is 5.44. The maximum absolute atomic E-state index is 5.66. The van der Waals surface area contributed by atoms with Gasteiger partial charge >= 0.3 is 0 Å². The molecule has 0 radical (unpaired) electrons.